The van der Waals surface area contributed by atoms with E-state index >= 15 is 0 Å². The summed E-state index contributed by atoms with van der Waals surface area (Å²) in [6.07, 6.45) is 3.57. The molecule has 3 atom stereocenters. The Morgan fingerprint density at radius 3 is 2.47 bits per heavy atom. The third-order valence-electron chi connectivity index (χ3n) is 4.71. The molecule has 106 valence electrons. The Labute approximate surface area is 118 Å². The first-order valence-corrected chi connectivity index (χ1v) is 7.56. The zero-order chi connectivity index (χ0) is 13.9. The average Bonchev–Trinajstić information content (AvgIpc) is 2.77. The fourth-order valence-corrected chi connectivity index (χ4v) is 3.47. The predicted molar refractivity (Wildman–Crippen MR) is 82.2 cm³/mol. The fraction of sp³-hybridized carbons (Fsp3) is 0.647. The van der Waals surface area contributed by atoms with Crippen LogP contribution in [0.4, 0.5) is 0 Å². The summed E-state index contributed by atoms with van der Waals surface area (Å²) in [6, 6.07) is 11.4. The summed E-state index contributed by atoms with van der Waals surface area (Å²) in [5.41, 5.74) is 7.67. The highest BCUT2D eigenvalue weighted by molar-refractivity contribution is 5.15. The van der Waals surface area contributed by atoms with Crippen molar-refractivity contribution in [1.82, 2.24) is 4.90 Å². The Hall–Kier alpha value is -0.860. The van der Waals surface area contributed by atoms with Crippen molar-refractivity contribution in [3.63, 3.8) is 0 Å². The van der Waals surface area contributed by atoms with Crippen molar-refractivity contribution in [3.8, 4) is 0 Å². The van der Waals surface area contributed by atoms with Crippen molar-refractivity contribution in [2.24, 2.45) is 11.7 Å². The van der Waals surface area contributed by atoms with Crippen molar-refractivity contribution >= 4 is 0 Å². The number of rotatable bonds is 5. The molecule has 1 saturated heterocycles. The van der Waals surface area contributed by atoms with Gasteiger partial charge in [0.15, 0.2) is 0 Å². The molecule has 0 aromatic heterocycles. The zero-order valence-electron chi connectivity index (χ0n) is 12.6. The largest absolute Gasteiger partial charge is 0.329 e. The molecule has 1 fully saturated rings. The standard InChI is InChI=1S/C17H28N2/c1-14-11-15(2)19(12-14)17(3,13-18)10-9-16-7-5-4-6-8-16/h4-8,14-15H,9-13,18H2,1-3H3. The minimum absolute atomic E-state index is 0.139. The summed E-state index contributed by atoms with van der Waals surface area (Å²) >= 11 is 0. The van der Waals surface area contributed by atoms with E-state index in [1.165, 1.54) is 18.5 Å². The van der Waals surface area contributed by atoms with Crippen LogP contribution in [0.15, 0.2) is 30.3 Å². The number of nitrogens with two attached hydrogens (primary N) is 1. The molecule has 0 saturated carbocycles. The molecule has 0 aliphatic carbocycles. The van der Waals surface area contributed by atoms with E-state index in [0.29, 0.717) is 6.04 Å². The van der Waals surface area contributed by atoms with Crippen LogP contribution >= 0.6 is 0 Å². The van der Waals surface area contributed by atoms with Crippen LogP contribution in [0.5, 0.6) is 0 Å². The van der Waals surface area contributed by atoms with Crippen LogP contribution < -0.4 is 5.73 Å². The second-order valence-electron chi connectivity index (χ2n) is 6.53. The number of likely N-dealkylation sites (tertiary alicyclic amines) is 1. The summed E-state index contributed by atoms with van der Waals surface area (Å²) in [5.74, 6) is 0.803. The molecule has 0 spiro atoms. The van der Waals surface area contributed by atoms with Crippen molar-refractivity contribution in [2.45, 2.75) is 51.6 Å². The number of aryl methyl sites for hydroxylation is 1. The van der Waals surface area contributed by atoms with Crippen LogP contribution in [0, 0.1) is 5.92 Å². The minimum Gasteiger partial charge on any atom is -0.329 e. The van der Waals surface area contributed by atoms with E-state index in [-0.39, 0.29) is 5.54 Å². The summed E-state index contributed by atoms with van der Waals surface area (Å²) in [4.78, 5) is 2.64. The van der Waals surface area contributed by atoms with Gasteiger partial charge < -0.3 is 5.73 Å². The molecule has 0 bridgehead atoms. The third-order valence-corrected chi connectivity index (χ3v) is 4.71. The Morgan fingerprint density at radius 1 is 1.26 bits per heavy atom. The molecule has 0 amide bonds. The number of nitrogens with zero attached hydrogens (tertiary/aromatic N) is 1. The first kappa shape index (κ1) is 14.5. The molecule has 1 aliphatic rings. The van der Waals surface area contributed by atoms with Crippen LogP contribution in [0.25, 0.3) is 0 Å². The van der Waals surface area contributed by atoms with E-state index in [9.17, 15) is 0 Å². The molecule has 3 unspecified atom stereocenters. The van der Waals surface area contributed by atoms with Crippen LogP contribution in [0.1, 0.15) is 39.2 Å². The quantitative estimate of drug-likeness (QED) is 0.881. The van der Waals surface area contributed by atoms with Crippen molar-refractivity contribution in [1.29, 1.82) is 0 Å². The van der Waals surface area contributed by atoms with E-state index < -0.39 is 0 Å². The van der Waals surface area contributed by atoms with Gasteiger partial charge in [-0.25, -0.2) is 0 Å². The van der Waals surface area contributed by atoms with Crippen molar-refractivity contribution in [3.05, 3.63) is 35.9 Å². The Bertz CT molecular complexity index is 390. The predicted octanol–water partition coefficient (Wildman–Crippen LogP) is 3.07. The van der Waals surface area contributed by atoms with Gasteiger partial charge >= 0.3 is 0 Å². The van der Waals surface area contributed by atoms with Crippen molar-refractivity contribution < 1.29 is 0 Å². The second-order valence-corrected chi connectivity index (χ2v) is 6.53. The van der Waals surface area contributed by atoms with Crippen LogP contribution in [0.3, 0.4) is 0 Å². The molecule has 2 N–H and O–H groups in total. The van der Waals surface area contributed by atoms with Gasteiger partial charge in [-0.15, -0.1) is 0 Å². The molecule has 2 nitrogen and oxygen atoms in total. The van der Waals surface area contributed by atoms with E-state index in [0.717, 1.165) is 25.3 Å². The first-order chi connectivity index (χ1) is 9.05. The molecule has 19 heavy (non-hydrogen) atoms. The normalized spacial score (nSPS) is 27.4. The smallest absolute Gasteiger partial charge is 0.0309 e. The monoisotopic (exact) mass is 260 g/mol. The van der Waals surface area contributed by atoms with Crippen molar-refractivity contribution in [2.75, 3.05) is 13.1 Å². The Kier molecular flexibility index (Phi) is 4.64. The van der Waals surface area contributed by atoms with Gasteiger partial charge in [-0.2, -0.15) is 0 Å². The molecule has 2 heteroatoms. The topological polar surface area (TPSA) is 29.3 Å². The lowest BCUT2D eigenvalue weighted by Gasteiger charge is -2.41. The van der Waals surface area contributed by atoms with Gasteiger partial charge in [0.25, 0.3) is 0 Å². The molecule has 1 aliphatic heterocycles. The highest BCUT2D eigenvalue weighted by Crippen LogP contribution is 2.32. The Balaban J connectivity index is 2.02. The Morgan fingerprint density at radius 2 is 1.95 bits per heavy atom. The highest BCUT2D eigenvalue weighted by Gasteiger charge is 2.38. The summed E-state index contributed by atoms with van der Waals surface area (Å²) in [6.45, 7) is 8.98. The third kappa shape index (κ3) is 3.37. The maximum Gasteiger partial charge on any atom is 0.0309 e. The van der Waals surface area contributed by atoms with Gasteiger partial charge in [0, 0.05) is 24.7 Å². The minimum atomic E-state index is 0.139. The highest BCUT2D eigenvalue weighted by atomic mass is 15.2. The number of benzene rings is 1. The molecule has 0 radical (unpaired) electrons. The molecule has 2 rings (SSSR count). The summed E-state index contributed by atoms with van der Waals surface area (Å²) < 4.78 is 0. The van der Waals surface area contributed by atoms with Gasteiger partial charge in [-0.1, -0.05) is 37.3 Å². The maximum absolute atomic E-state index is 6.12. The second kappa shape index (κ2) is 6.06. The lowest BCUT2D eigenvalue weighted by molar-refractivity contribution is 0.0927. The summed E-state index contributed by atoms with van der Waals surface area (Å²) in [7, 11) is 0. The molecular weight excluding hydrogens is 232 g/mol. The molecular formula is C17H28N2. The van der Waals surface area contributed by atoms with E-state index in [1.54, 1.807) is 0 Å². The van der Waals surface area contributed by atoms with Gasteiger partial charge in [0.1, 0.15) is 0 Å². The van der Waals surface area contributed by atoms with E-state index in [2.05, 4.69) is 56.0 Å². The molecule has 1 aromatic rings. The molecule has 1 heterocycles. The van der Waals surface area contributed by atoms with E-state index in [1.807, 2.05) is 0 Å². The van der Waals surface area contributed by atoms with Gasteiger partial charge in [0.05, 0.1) is 0 Å². The number of hydrogen-bond donors (Lipinski definition) is 1. The lowest BCUT2D eigenvalue weighted by Crippen LogP contribution is -2.53. The SMILES string of the molecule is CC1CC(C)N(C(C)(CN)CCc2ccccc2)C1. The maximum atomic E-state index is 6.12. The average molecular weight is 260 g/mol. The first-order valence-electron chi connectivity index (χ1n) is 7.56. The lowest BCUT2D eigenvalue weighted by atomic mass is 9.90. The van der Waals surface area contributed by atoms with E-state index in [4.69, 9.17) is 5.73 Å². The van der Waals surface area contributed by atoms with Crippen LogP contribution in [0.2, 0.25) is 0 Å². The van der Waals surface area contributed by atoms with Gasteiger partial charge in [-0.3, -0.25) is 4.90 Å². The van der Waals surface area contributed by atoms with Crippen LogP contribution in [-0.4, -0.2) is 29.6 Å². The fourth-order valence-electron chi connectivity index (χ4n) is 3.47. The summed E-state index contributed by atoms with van der Waals surface area (Å²) in [5, 5.41) is 0. The number of hydrogen-bond acceptors (Lipinski definition) is 2. The van der Waals surface area contributed by atoms with Gasteiger partial charge in [0.2, 0.25) is 0 Å². The van der Waals surface area contributed by atoms with Gasteiger partial charge in [-0.05, 0) is 44.6 Å². The zero-order valence-corrected chi connectivity index (χ0v) is 12.6. The molecule has 1 aromatic carbocycles. The van der Waals surface area contributed by atoms with Crippen LogP contribution in [-0.2, 0) is 6.42 Å².